The van der Waals surface area contributed by atoms with Crippen molar-refractivity contribution in [2.45, 2.75) is 13.1 Å². The zero-order valence-electron chi connectivity index (χ0n) is 10.7. The Morgan fingerprint density at radius 3 is 2.94 bits per heavy atom. The van der Waals surface area contributed by atoms with Crippen molar-refractivity contribution in [2.24, 2.45) is 12.9 Å². The van der Waals surface area contributed by atoms with E-state index >= 15 is 0 Å². The number of aromatic nitrogens is 3. The fourth-order valence-electron chi connectivity index (χ4n) is 1.85. The number of aryl methyl sites for hydroxylation is 1. The molecular weight excluding hydrogens is 228 g/mol. The van der Waals surface area contributed by atoms with Gasteiger partial charge in [-0.1, -0.05) is 0 Å². The third kappa shape index (κ3) is 3.28. The van der Waals surface area contributed by atoms with E-state index in [0.29, 0.717) is 0 Å². The molecule has 2 heterocycles. The number of hydrazine groups is 1. The third-order valence-electron chi connectivity index (χ3n) is 2.63. The van der Waals surface area contributed by atoms with Crippen molar-refractivity contribution in [3.05, 3.63) is 42.0 Å². The van der Waals surface area contributed by atoms with E-state index in [0.717, 1.165) is 24.5 Å². The number of nitrogens with two attached hydrogens (primary N) is 1. The van der Waals surface area contributed by atoms with Gasteiger partial charge in [0.05, 0.1) is 17.6 Å². The largest absolute Gasteiger partial charge is 0.324 e. The van der Waals surface area contributed by atoms with Crippen LogP contribution in [0.5, 0.6) is 0 Å². The van der Waals surface area contributed by atoms with E-state index in [1.165, 1.54) is 5.56 Å². The SMILES string of the molecule is CN(Cc1cnn(C)c1)Cc1cc(NN)ccn1. The van der Waals surface area contributed by atoms with Crippen LogP contribution in [0.4, 0.5) is 5.69 Å². The first-order chi connectivity index (χ1) is 8.67. The molecule has 6 nitrogen and oxygen atoms in total. The molecule has 0 aromatic carbocycles. The molecule has 0 aliphatic heterocycles. The number of nitrogens with one attached hydrogen (secondary N) is 1. The highest BCUT2D eigenvalue weighted by Gasteiger charge is 2.04. The Morgan fingerprint density at radius 1 is 1.44 bits per heavy atom. The highest BCUT2D eigenvalue weighted by atomic mass is 15.2. The quantitative estimate of drug-likeness (QED) is 0.601. The van der Waals surface area contributed by atoms with Crippen LogP contribution in [0.3, 0.4) is 0 Å². The number of rotatable bonds is 5. The fourth-order valence-corrected chi connectivity index (χ4v) is 1.85. The van der Waals surface area contributed by atoms with Crippen molar-refractivity contribution >= 4 is 5.69 Å². The van der Waals surface area contributed by atoms with Gasteiger partial charge in [0.25, 0.3) is 0 Å². The maximum Gasteiger partial charge on any atom is 0.0564 e. The lowest BCUT2D eigenvalue weighted by molar-refractivity contribution is 0.315. The molecule has 0 saturated carbocycles. The highest BCUT2D eigenvalue weighted by Crippen LogP contribution is 2.09. The van der Waals surface area contributed by atoms with Crippen molar-refractivity contribution in [3.8, 4) is 0 Å². The molecule has 2 aromatic rings. The van der Waals surface area contributed by atoms with Crippen LogP contribution < -0.4 is 11.3 Å². The van der Waals surface area contributed by atoms with E-state index in [1.807, 2.05) is 31.6 Å². The Morgan fingerprint density at radius 2 is 2.28 bits per heavy atom. The molecule has 0 aliphatic rings. The molecule has 0 unspecified atom stereocenters. The maximum absolute atomic E-state index is 5.37. The van der Waals surface area contributed by atoms with Gasteiger partial charge in [0.1, 0.15) is 0 Å². The van der Waals surface area contributed by atoms with Crippen molar-refractivity contribution in [3.63, 3.8) is 0 Å². The van der Waals surface area contributed by atoms with E-state index < -0.39 is 0 Å². The maximum atomic E-state index is 5.37. The van der Waals surface area contributed by atoms with Crippen molar-refractivity contribution in [1.82, 2.24) is 19.7 Å². The average molecular weight is 246 g/mol. The standard InChI is InChI=1S/C12H18N6/c1-17(7-10-6-15-18(2)8-10)9-12-5-11(16-13)3-4-14-12/h3-6,8H,7,9,13H2,1-2H3,(H,14,16). The van der Waals surface area contributed by atoms with E-state index in [4.69, 9.17) is 5.84 Å². The normalized spacial score (nSPS) is 10.9. The Kier molecular flexibility index (Phi) is 3.91. The second-order valence-corrected chi connectivity index (χ2v) is 4.37. The summed E-state index contributed by atoms with van der Waals surface area (Å²) < 4.78 is 1.81. The summed E-state index contributed by atoms with van der Waals surface area (Å²) in [6.45, 7) is 1.61. The van der Waals surface area contributed by atoms with Gasteiger partial charge in [0.15, 0.2) is 0 Å². The summed E-state index contributed by atoms with van der Waals surface area (Å²) in [7, 11) is 3.97. The molecule has 0 aliphatic carbocycles. The fraction of sp³-hybridized carbons (Fsp3) is 0.333. The molecule has 0 radical (unpaired) electrons. The first-order valence-corrected chi connectivity index (χ1v) is 5.75. The van der Waals surface area contributed by atoms with Crippen LogP contribution in [0.25, 0.3) is 0 Å². The summed E-state index contributed by atoms with van der Waals surface area (Å²) in [6, 6.07) is 3.78. The molecule has 0 saturated heterocycles. The molecule has 0 atom stereocenters. The number of nitrogen functional groups attached to an aromatic ring is 1. The Hall–Kier alpha value is -1.92. The lowest BCUT2D eigenvalue weighted by atomic mass is 10.3. The van der Waals surface area contributed by atoms with Crippen LogP contribution in [0.1, 0.15) is 11.3 Å². The van der Waals surface area contributed by atoms with Gasteiger partial charge in [-0.2, -0.15) is 5.10 Å². The molecule has 18 heavy (non-hydrogen) atoms. The van der Waals surface area contributed by atoms with E-state index in [-0.39, 0.29) is 0 Å². The minimum Gasteiger partial charge on any atom is -0.324 e. The van der Waals surface area contributed by atoms with Crippen LogP contribution in [0.2, 0.25) is 0 Å². The molecule has 0 spiro atoms. The van der Waals surface area contributed by atoms with Crippen LogP contribution in [-0.4, -0.2) is 26.7 Å². The van der Waals surface area contributed by atoms with Gasteiger partial charge in [-0.25, -0.2) is 0 Å². The van der Waals surface area contributed by atoms with Gasteiger partial charge in [-0.15, -0.1) is 0 Å². The first-order valence-electron chi connectivity index (χ1n) is 5.75. The smallest absolute Gasteiger partial charge is 0.0564 e. The lowest BCUT2D eigenvalue weighted by Crippen LogP contribution is -2.18. The summed E-state index contributed by atoms with van der Waals surface area (Å²) in [5.41, 5.74) is 5.66. The number of nitrogens with zero attached hydrogens (tertiary/aromatic N) is 4. The molecule has 0 amide bonds. The van der Waals surface area contributed by atoms with Gasteiger partial charge in [0.2, 0.25) is 0 Å². The summed E-state index contributed by atoms with van der Waals surface area (Å²) in [4.78, 5) is 6.50. The zero-order chi connectivity index (χ0) is 13.0. The monoisotopic (exact) mass is 246 g/mol. The number of anilines is 1. The van der Waals surface area contributed by atoms with Crippen molar-refractivity contribution in [2.75, 3.05) is 12.5 Å². The molecule has 96 valence electrons. The lowest BCUT2D eigenvalue weighted by Gasteiger charge is -2.15. The number of pyridine rings is 1. The van der Waals surface area contributed by atoms with E-state index in [1.54, 1.807) is 10.9 Å². The number of hydrogen-bond donors (Lipinski definition) is 2. The molecule has 0 bridgehead atoms. The summed E-state index contributed by atoms with van der Waals surface area (Å²) in [5, 5.41) is 4.15. The third-order valence-corrected chi connectivity index (χ3v) is 2.63. The van der Waals surface area contributed by atoms with Gasteiger partial charge in [-0.05, 0) is 19.2 Å². The van der Waals surface area contributed by atoms with Gasteiger partial charge in [0, 0.05) is 38.1 Å². The van der Waals surface area contributed by atoms with Crippen molar-refractivity contribution < 1.29 is 0 Å². The minimum absolute atomic E-state index is 0.768. The summed E-state index contributed by atoms with van der Waals surface area (Å²) >= 11 is 0. The molecule has 0 fully saturated rings. The van der Waals surface area contributed by atoms with E-state index in [2.05, 4.69) is 27.5 Å². The molecule has 6 heteroatoms. The average Bonchev–Trinajstić information content (AvgIpc) is 2.74. The predicted molar refractivity (Wildman–Crippen MR) is 70.4 cm³/mol. The number of hydrogen-bond acceptors (Lipinski definition) is 5. The molecule has 3 N–H and O–H groups in total. The van der Waals surface area contributed by atoms with Gasteiger partial charge < -0.3 is 5.43 Å². The first kappa shape index (κ1) is 12.5. The van der Waals surface area contributed by atoms with Gasteiger partial charge in [-0.3, -0.25) is 20.4 Å². The second-order valence-electron chi connectivity index (χ2n) is 4.37. The Balaban J connectivity index is 1.96. The Bertz CT molecular complexity index is 507. The van der Waals surface area contributed by atoms with Crippen LogP contribution in [0, 0.1) is 0 Å². The van der Waals surface area contributed by atoms with Crippen molar-refractivity contribution in [1.29, 1.82) is 0 Å². The minimum atomic E-state index is 0.768. The van der Waals surface area contributed by atoms with Crippen LogP contribution in [0.15, 0.2) is 30.7 Å². The summed E-state index contributed by atoms with van der Waals surface area (Å²) in [5.74, 6) is 5.37. The molecule has 2 rings (SSSR count). The topological polar surface area (TPSA) is 72.0 Å². The zero-order valence-corrected chi connectivity index (χ0v) is 10.7. The molecular formula is C12H18N6. The second kappa shape index (κ2) is 5.61. The van der Waals surface area contributed by atoms with Crippen LogP contribution in [-0.2, 0) is 20.1 Å². The predicted octanol–water partition coefficient (Wildman–Crippen LogP) is 0.733. The van der Waals surface area contributed by atoms with Crippen LogP contribution >= 0.6 is 0 Å². The Labute approximate surface area is 106 Å². The van der Waals surface area contributed by atoms with E-state index in [9.17, 15) is 0 Å². The summed E-state index contributed by atoms with van der Waals surface area (Å²) in [6.07, 6.45) is 5.64. The molecule has 2 aromatic heterocycles. The van der Waals surface area contributed by atoms with Gasteiger partial charge >= 0.3 is 0 Å². The highest BCUT2D eigenvalue weighted by molar-refractivity contribution is 5.41.